The molecule has 1 saturated heterocycles. The molecule has 1 aliphatic rings. The van der Waals surface area contributed by atoms with Crippen LogP contribution in [0, 0.1) is 0 Å². The molecule has 0 amide bonds. The van der Waals surface area contributed by atoms with Gasteiger partial charge in [0.1, 0.15) is 17.9 Å². The molecule has 0 aliphatic carbocycles. The van der Waals surface area contributed by atoms with Gasteiger partial charge in [0.2, 0.25) is 5.88 Å². The maximum absolute atomic E-state index is 6.01. The van der Waals surface area contributed by atoms with Gasteiger partial charge >= 0.3 is 0 Å². The van der Waals surface area contributed by atoms with Crippen LogP contribution in [0.3, 0.4) is 0 Å². The molecule has 0 radical (unpaired) electrons. The molecule has 1 aliphatic heterocycles. The van der Waals surface area contributed by atoms with Crippen LogP contribution in [0.25, 0.3) is 0 Å². The Hall–Kier alpha value is -2.63. The van der Waals surface area contributed by atoms with Gasteiger partial charge in [0, 0.05) is 43.8 Å². The van der Waals surface area contributed by atoms with Crippen molar-refractivity contribution >= 4 is 17.4 Å². The van der Waals surface area contributed by atoms with Crippen molar-refractivity contribution in [2.45, 2.75) is 6.54 Å². The summed E-state index contributed by atoms with van der Waals surface area (Å²) in [7, 11) is 0. The van der Waals surface area contributed by atoms with Crippen molar-refractivity contribution in [2.75, 3.05) is 31.1 Å². The van der Waals surface area contributed by atoms with Crippen LogP contribution >= 0.6 is 11.6 Å². The first kappa shape index (κ1) is 17.8. The average Bonchev–Trinajstić information content (AvgIpc) is 2.70. The smallest absolute Gasteiger partial charge is 0.224 e. The van der Waals surface area contributed by atoms with Gasteiger partial charge in [0.15, 0.2) is 0 Å². The van der Waals surface area contributed by atoms with Gasteiger partial charge in [-0.25, -0.2) is 9.97 Å². The van der Waals surface area contributed by atoms with Gasteiger partial charge in [0.05, 0.1) is 0 Å². The number of ether oxygens (including phenoxy) is 1. The van der Waals surface area contributed by atoms with Crippen molar-refractivity contribution in [3.05, 3.63) is 77.6 Å². The van der Waals surface area contributed by atoms with Crippen LogP contribution in [0.15, 0.2) is 67.0 Å². The lowest BCUT2D eigenvalue weighted by Gasteiger charge is -2.35. The lowest BCUT2D eigenvalue weighted by atomic mass is 10.2. The Bertz CT molecular complexity index is 882. The summed E-state index contributed by atoms with van der Waals surface area (Å²) >= 11 is 6.01. The fourth-order valence-electron chi connectivity index (χ4n) is 3.19. The fraction of sp³-hybridized carbons (Fsp3) is 0.238. The first-order valence-corrected chi connectivity index (χ1v) is 9.41. The van der Waals surface area contributed by atoms with Crippen LogP contribution in [-0.2, 0) is 6.54 Å². The van der Waals surface area contributed by atoms with Crippen LogP contribution in [0.5, 0.6) is 11.6 Å². The van der Waals surface area contributed by atoms with Gasteiger partial charge in [0.25, 0.3) is 0 Å². The predicted molar refractivity (Wildman–Crippen MR) is 107 cm³/mol. The summed E-state index contributed by atoms with van der Waals surface area (Å²) < 4.78 is 5.82. The van der Waals surface area contributed by atoms with E-state index in [1.165, 1.54) is 5.56 Å². The van der Waals surface area contributed by atoms with Crippen LogP contribution in [0.4, 0.5) is 5.82 Å². The highest BCUT2D eigenvalue weighted by atomic mass is 35.5. The third-order valence-electron chi connectivity index (χ3n) is 4.59. The summed E-state index contributed by atoms with van der Waals surface area (Å²) in [6, 6.07) is 19.8. The van der Waals surface area contributed by atoms with Crippen LogP contribution in [0.2, 0.25) is 5.02 Å². The van der Waals surface area contributed by atoms with Gasteiger partial charge in [-0.15, -0.1) is 0 Å². The Morgan fingerprint density at radius 3 is 2.48 bits per heavy atom. The summed E-state index contributed by atoms with van der Waals surface area (Å²) in [5.41, 5.74) is 1.35. The van der Waals surface area contributed by atoms with E-state index in [2.05, 4.69) is 50.1 Å². The van der Waals surface area contributed by atoms with Crippen molar-refractivity contribution in [3.63, 3.8) is 0 Å². The second-order valence-electron chi connectivity index (χ2n) is 6.52. The Balaban J connectivity index is 1.37. The standard InChI is InChI=1S/C21H21ClN4O/c22-18-7-4-8-19(13-18)27-21-14-20(23-16-24-21)26-11-9-25(10-12-26)15-17-5-2-1-3-6-17/h1-8,13-14,16H,9-12,15H2. The van der Waals surface area contributed by atoms with Crippen molar-refractivity contribution < 1.29 is 4.74 Å². The number of aromatic nitrogens is 2. The molecule has 0 unspecified atom stereocenters. The predicted octanol–water partition coefficient (Wildman–Crippen LogP) is 4.24. The number of rotatable bonds is 5. The Morgan fingerprint density at radius 1 is 0.889 bits per heavy atom. The van der Waals surface area contributed by atoms with Crippen LogP contribution in [0.1, 0.15) is 5.56 Å². The van der Waals surface area contributed by atoms with Crippen LogP contribution < -0.4 is 9.64 Å². The van der Waals surface area contributed by atoms with Gasteiger partial charge in [-0.2, -0.15) is 0 Å². The lowest BCUT2D eigenvalue weighted by Crippen LogP contribution is -2.46. The molecule has 0 bridgehead atoms. The highest BCUT2D eigenvalue weighted by Crippen LogP contribution is 2.25. The molecule has 6 heteroatoms. The lowest BCUT2D eigenvalue weighted by molar-refractivity contribution is 0.249. The Kier molecular flexibility index (Phi) is 5.51. The first-order chi connectivity index (χ1) is 13.3. The van der Waals surface area contributed by atoms with Gasteiger partial charge in [-0.3, -0.25) is 4.90 Å². The zero-order valence-corrected chi connectivity index (χ0v) is 15.7. The largest absolute Gasteiger partial charge is 0.439 e. The van der Waals surface area contributed by atoms with E-state index >= 15 is 0 Å². The molecule has 0 atom stereocenters. The number of halogens is 1. The molecule has 138 valence electrons. The second kappa shape index (κ2) is 8.37. The number of piperazine rings is 1. The highest BCUT2D eigenvalue weighted by molar-refractivity contribution is 6.30. The summed E-state index contributed by atoms with van der Waals surface area (Å²) in [5.74, 6) is 2.08. The van der Waals surface area contributed by atoms with E-state index in [1.54, 1.807) is 12.4 Å². The zero-order valence-electron chi connectivity index (χ0n) is 15.0. The molecule has 3 aromatic rings. The topological polar surface area (TPSA) is 41.5 Å². The summed E-state index contributed by atoms with van der Waals surface area (Å²) in [4.78, 5) is 13.4. The number of hydrogen-bond donors (Lipinski definition) is 0. The van der Waals surface area contributed by atoms with E-state index in [4.69, 9.17) is 16.3 Å². The average molecular weight is 381 g/mol. The van der Waals surface area contributed by atoms with E-state index in [-0.39, 0.29) is 0 Å². The third kappa shape index (κ3) is 4.76. The first-order valence-electron chi connectivity index (χ1n) is 9.03. The van der Waals surface area contributed by atoms with Crippen molar-refractivity contribution in [3.8, 4) is 11.6 Å². The molecule has 2 aromatic carbocycles. The fourth-order valence-corrected chi connectivity index (χ4v) is 3.37. The van der Waals surface area contributed by atoms with E-state index in [0.717, 1.165) is 38.5 Å². The number of hydrogen-bond acceptors (Lipinski definition) is 5. The van der Waals surface area contributed by atoms with Gasteiger partial charge < -0.3 is 9.64 Å². The molecule has 27 heavy (non-hydrogen) atoms. The van der Waals surface area contributed by atoms with Gasteiger partial charge in [-0.05, 0) is 23.8 Å². The second-order valence-corrected chi connectivity index (χ2v) is 6.96. The van der Waals surface area contributed by atoms with E-state index in [1.807, 2.05) is 24.3 Å². The van der Waals surface area contributed by atoms with E-state index in [9.17, 15) is 0 Å². The maximum atomic E-state index is 6.01. The molecule has 0 saturated carbocycles. The zero-order chi connectivity index (χ0) is 18.5. The Morgan fingerprint density at radius 2 is 1.70 bits per heavy atom. The third-order valence-corrected chi connectivity index (χ3v) is 4.83. The molecule has 2 heterocycles. The van der Waals surface area contributed by atoms with Crippen LogP contribution in [-0.4, -0.2) is 41.0 Å². The molecule has 1 fully saturated rings. The normalized spacial score (nSPS) is 14.9. The SMILES string of the molecule is Clc1cccc(Oc2cc(N3CCN(Cc4ccccc4)CC3)ncn2)c1. The minimum absolute atomic E-state index is 0.522. The molecular weight excluding hydrogens is 360 g/mol. The van der Waals surface area contributed by atoms with Crippen molar-refractivity contribution in [1.82, 2.24) is 14.9 Å². The van der Waals surface area contributed by atoms with Crippen molar-refractivity contribution in [2.24, 2.45) is 0 Å². The highest BCUT2D eigenvalue weighted by Gasteiger charge is 2.18. The molecule has 0 N–H and O–H groups in total. The summed E-state index contributed by atoms with van der Waals surface area (Å²) in [5, 5.41) is 0.635. The molecular formula is C21H21ClN4O. The van der Waals surface area contributed by atoms with Crippen molar-refractivity contribution in [1.29, 1.82) is 0 Å². The minimum atomic E-state index is 0.522. The minimum Gasteiger partial charge on any atom is -0.439 e. The molecule has 5 nitrogen and oxygen atoms in total. The molecule has 0 spiro atoms. The molecule has 4 rings (SSSR count). The monoisotopic (exact) mass is 380 g/mol. The maximum Gasteiger partial charge on any atom is 0.224 e. The Labute approximate surface area is 164 Å². The number of benzene rings is 2. The quantitative estimate of drug-likeness (QED) is 0.662. The number of nitrogens with zero attached hydrogens (tertiary/aromatic N) is 4. The molecule has 1 aromatic heterocycles. The number of anilines is 1. The van der Waals surface area contributed by atoms with Gasteiger partial charge in [-0.1, -0.05) is 48.0 Å². The van der Waals surface area contributed by atoms with E-state index in [0.29, 0.717) is 16.7 Å². The summed E-state index contributed by atoms with van der Waals surface area (Å²) in [6.07, 6.45) is 1.55. The van der Waals surface area contributed by atoms with E-state index < -0.39 is 0 Å². The summed E-state index contributed by atoms with van der Waals surface area (Å²) in [6.45, 7) is 4.86.